The second-order valence-corrected chi connectivity index (χ2v) is 6.91. The first-order chi connectivity index (χ1) is 13.3. The van der Waals surface area contributed by atoms with E-state index >= 15 is 0 Å². The number of fused-ring (bicyclic) bond motifs is 1. The molecular formula is C22H24N5. The van der Waals surface area contributed by atoms with Gasteiger partial charge in [-0.3, -0.25) is 0 Å². The minimum atomic E-state index is 0.245. The molecule has 0 saturated carbocycles. The quantitative estimate of drug-likeness (QED) is 0.686. The molecule has 0 unspecified atom stereocenters. The van der Waals surface area contributed by atoms with E-state index in [0.717, 1.165) is 48.0 Å². The second kappa shape index (κ2) is 8.16. The number of nitrogens with one attached hydrogen (secondary N) is 2. The Morgan fingerprint density at radius 1 is 1.15 bits per heavy atom. The van der Waals surface area contributed by atoms with Crippen LogP contribution >= 0.6 is 0 Å². The van der Waals surface area contributed by atoms with Gasteiger partial charge in [0, 0.05) is 36.3 Å². The standard InChI is InChI=1S/C22H24N5/c1-16(9-11-19-12-10-18-8-5-13-23-22(18)27-19)26-21-14-20(24-15-25-21)17-6-3-2-4-7-17/h2-4,6-7,10-12,14-16H,5,8-9,13H2,1H3,(H,23,27)(H,24,25,26)/t16-/m0/s1. The maximum Gasteiger partial charge on any atom is 0.130 e. The van der Waals surface area contributed by atoms with Crippen LogP contribution in [0.2, 0.25) is 0 Å². The number of hydrogen-bond acceptors (Lipinski definition) is 5. The van der Waals surface area contributed by atoms with Crippen molar-refractivity contribution in [3.63, 3.8) is 0 Å². The number of pyridine rings is 1. The van der Waals surface area contributed by atoms with Crippen molar-refractivity contribution in [2.24, 2.45) is 0 Å². The third kappa shape index (κ3) is 4.42. The van der Waals surface area contributed by atoms with Crippen LogP contribution < -0.4 is 10.6 Å². The number of nitrogens with zero attached hydrogens (tertiary/aromatic N) is 3. The highest BCUT2D eigenvalue weighted by atomic mass is 15.0. The van der Waals surface area contributed by atoms with E-state index < -0.39 is 0 Å². The van der Waals surface area contributed by atoms with Crippen molar-refractivity contribution < 1.29 is 0 Å². The fourth-order valence-corrected chi connectivity index (χ4v) is 3.27. The lowest BCUT2D eigenvalue weighted by Crippen LogP contribution is -2.17. The Bertz CT molecular complexity index is 894. The lowest BCUT2D eigenvalue weighted by Gasteiger charge is -2.18. The molecule has 0 fully saturated rings. The normalized spacial score (nSPS) is 14.1. The van der Waals surface area contributed by atoms with Crippen molar-refractivity contribution in [2.75, 3.05) is 17.2 Å². The lowest BCUT2D eigenvalue weighted by molar-refractivity contribution is 0.770. The first-order valence-corrected chi connectivity index (χ1v) is 9.49. The van der Waals surface area contributed by atoms with Crippen LogP contribution in [0.4, 0.5) is 11.6 Å². The first kappa shape index (κ1) is 17.5. The molecule has 0 amide bonds. The molecule has 1 aliphatic rings. The number of rotatable bonds is 6. The topological polar surface area (TPSA) is 62.7 Å². The second-order valence-electron chi connectivity index (χ2n) is 6.91. The molecule has 0 bridgehead atoms. The fraction of sp³-hybridized carbons (Fsp3) is 0.273. The molecule has 0 aliphatic carbocycles. The van der Waals surface area contributed by atoms with Crippen molar-refractivity contribution >= 4 is 11.6 Å². The number of aryl methyl sites for hydroxylation is 1. The Morgan fingerprint density at radius 2 is 2.04 bits per heavy atom. The highest BCUT2D eigenvalue weighted by Gasteiger charge is 2.11. The summed E-state index contributed by atoms with van der Waals surface area (Å²) in [6.07, 6.45) is 6.95. The van der Waals surface area contributed by atoms with Crippen molar-refractivity contribution in [1.29, 1.82) is 0 Å². The molecule has 4 rings (SSSR count). The van der Waals surface area contributed by atoms with Crippen molar-refractivity contribution in [3.05, 3.63) is 72.5 Å². The number of benzene rings is 1. The highest BCUT2D eigenvalue weighted by molar-refractivity contribution is 5.62. The molecule has 1 aromatic carbocycles. The van der Waals surface area contributed by atoms with Crippen LogP contribution in [0.25, 0.3) is 11.3 Å². The number of aromatic nitrogens is 3. The third-order valence-corrected chi connectivity index (χ3v) is 4.73. The molecule has 5 heteroatoms. The van der Waals surface area contributed by atoms with Gasteiger partial charge < -0.3 is 10.6 Å². The molecule has 0 saturated heterocycles. The van der Waals surface area contributed by atoms with Gasteiger partial charge in [-0.1, -0.05) is 36.4 Å². The van der Waals surface area contributed by atoms with Gasteiger partial charge in [0.15, 0.2) is 0 Å². The monoisotopic (exact) mass is 358 g/mol. The van der Waals surface area contributed by atoms with Crippen molar-refractivity contribution in [1.82, 2.24) is 15.0 Å². The zero-order valence-electron chi connectivity index (χ0n) is 15.5. The molecule has 3 heterocycles. The molecular weight excluding hydrogens is 334 g/mol. The largest absolute Gasteiger partial charge is 0.370 e. The van der Waals surface area contributed by atoms with Gasteiger partial charge >= 0.3 is 0 Å². The van der Waals surface area contributed by atoms with Gasteiger partial charge in [-0.2, -0.15) is 0 Å². The summed E-state index contributed by atoms with van der Waals surface area (Å²) < 4.78 is 0. The van der Waals surface area contributed by atoms with Crippen LogP contribution in [0.15, 0.2) is 54.9 Å². The fourth-order valence-electron chi connectivity index (χ4n) is 3.27. The average molecular weight is 358 g/mol. The summed E-state index contributed by atoms with van der Waals surface area (Å²) >= 11 is 0. The van der Waals surface area contributed by atoms with Crippen LogP contribution in [-0.4, -0.2) is 27.5 Å². The molecule has 1 radical (unpaired) electrons. The Morgan fingerprint density at radius 3 is 2.93 bits per heavy atom. The predicted molar refractivity (Wildman–Crippen MR) is 110 cm³/mol. The van der Waals surface area contributed by atoms with Crippen LogP contribution in [0.5, 0.6) is 0 Å². The van der Waals surface area contributed by atoms with E-state index in [2.05, 4.69) is 58.2 Å². The van der Waals surface area contributed by atoms with Crippen LogP contribution in [0.1, 0.15) is 31.0 Å². The maximum atomic E-state index is 4.73. The SMILES string of the molecule is C[C@@H](C[CH]c1ccc2c(n1)NCCC2)Nc1cc(-c2ccccc2)ncn1. The van der Waals surface area contributed by atoms with Crippen molar-refractivity contribution in [2.45, 2.75) is 32.2 Å². The summed E-state index contributed by atoms with van der Waals surface area (Å²) in [5.41, 5.74) is 4.35. The molecule has 3 aromatic rings. The van der Waals surface area contributed by atoms with E-state index in [1.165, 1.54) is 12.0 Å². The summed E-state index contributed by atoms with van der Waals surface area (Å²) in [4.78, 5) is 13.5. The molecule has 2 N–H and O–H groups in total. The molecule has 27 heavy (non-hydrogen) atoms. The summed E-state index contributed by atoms with van der Waals surface area (Å²) in [6, 6.07) is 16.7. The van der Waals surface area contributed by atoms with Gasteiger partial charge in [-0.25, -0.2) is 15.0 Å². The summed E-state index contributed by atoms with van der Waals surface area (Å²) in [5.74, 6) is 1.88. The average Bonchev–Trinajstić information content (AvgIpc) is 2.73. The van der Waals surface area contributed by atoms with E-state index in [0.29, 0.717) is 0 Å². The number of anilines is 2. The Hall–Kier alpha value is -2.95. The zero-order chi connectivity index (χ0) is 18.5. The van der Waals surface area contributed by atoms with Crippen molar-refractivity contribution in [3.8, 4) is 11.3 Å². The predicted octanol–water partition coefficient (Wildman–Crippen LogP) is 4.34. The van der Waals surface area contributed by atoms with Crippen LogP contribution in [0.3, 0.4) is 0 Å². The molecule has 1 atom stereocenters. The molecule has 5 nitrogen and oxygen atoms in total. The Kier molecular flexibility index (Phi) is 5.28. The van der Waals surface area contributed by atoms with Gasteiger partial charge in [-0.15, -0.1) is 0 Å². The van der Waals surface area contributed by atoms with E-state index in [1.807, 2.05) is 24.3 Å². The van der Waals surface area contributed by atoms with E-state index in [-0.39, 0.29) is 6.04 Å². The third-order valence-electron chi connectivity index (χ3n) is 4.73. The highest BCUT2D eigenvalue weighted by Crippen LogP contribution is 2.22. The van der Waals surface area contributed by atoms with Crippen LogP contribution in [-0.2, 0) is 6.42 Å². The smallest absolute Gasteiger partial charge is 0.130 e. The maximum absolute atomic E-state index is 4.73. The Labute approximate surface area is 160 Å². The van der Waals surface area contributed by atoms with Gasteiger partial charge in [0.25, 0.3) is 0 Å². The lowest BCUT2D eigenvalue weighted by atomic mass is 10.1. The van der Waals surface area contributed by atoms with Crippen LogP contribution in [0, 0.1) is 6.42 Å². The van der Waals surface area contributed by atoms with E-state index in [1.54, 1.807) is 6.33 Å². The van der Waals surface area contributed by atoms with Gasteiger partial charge in [-0.05, 0) is 37.8 Å². The van der Waals surface area contributed by atoms with E-state index in [9.17, 15) is 0 Å². The zero-order valence-corrected chi connectivity index (χ0v) is 15.5. The minimum absolute atomic E-state index is 0.245. The Balaban J connectivity index is 1.36. The number of hydrogen-bond donors (Lipinski definition) is 2. The van der Waals surface area contributed by atoms with Gasteiger partial charge in [0.1, 0.15) is 18.0 Å². The van der Waals surface area contributed by atoms with Gasteiger partial charge in [0.2, 0.25) is 0 Å². The molecule has 1 aliphatic heterocycles. The summed E-state index contributed by atoms with van der Waals surface area (Å²) in [7, 11) is 0. The summed E-state index contributed by atoms with van der Waals surface area (Å²) in [6.45, 7) is 3.16. The summed E-state index contributed by atoms with van der Waals surface area (Å²) in [5, 5.41) is 6.85. The van der Waals surface area contributed by atoms with E-state index in [4.69, 9.17) is 4.98 Å². The first-order valence-electron chi connectivity index (χ1n) is 9.49. The minimum Gasteiger partial charge on any atom is -0.370 e. The van der Waals surface area contributed by atoms with Gasteiger partial charge in [0.05, 0.1) is 5.69 Å². The molecule has 137 valence electrons. The molecule has 2 aromatic heterocycles. The molecule has 0 spiro atoms.